The van der Waals surface area contributed by atoms with E-state index in [0.717, 1.165) is 30.2 Å². The molecular weight excluding hydrogens is 453 g/mol. The van der Waals surface area contributed by atoms with E-state index < -0.39 is 0 Å². The SMILES string of the molecule is O=C(c1nc(-c2cccs2)n(-c2ccc(F)cc2)n1)N(CCN1CCOCC1)c1ccccc1. The molecule has 4 aromatic rings. The first-order valence-corrected chi connectivity index (χ1v) is 12.0. The number of para-hydroxylation sites is 1. The van der Waals surface area contributed by atoms with Crippen molar-refractivity contribution >= 4 is 22.9 Å². The van der Waals surface area contributed by atoms with Gasteiger partial charge in [-0.2, -0.15) is 0 Å². The highest BCUT2D eigenvalue weighted by Gasteiger charge is 2.26. The Bertz CT molecular complexity index is 1220. The Kier molecular flexibility index (Phi) is 6.75. The Labute approximate surface area is 201 Å². The number of halogens is 1. The summed E-state index contributed by atoms with van der Waals surface area (Å²) in [6.07, 6.45) is 0. The molecule has 0 spiro atoms. The summed E-state index contributed by atoms with van der Waals surface area (Å²) in [7, 11) is 0. The minimum atomic E-state index is -0.337. The van der Waals surface area contributed by atoms with Crippen molar-refractivity contribution in [3.8, 4) is 16.4 Å². The first kappa shape index (κ1) is 22.4. The van der Waals surface area contributed by atoms with Crippen LogP contribution in [-0.4, -0.2) is 65.0 Å². The van der Waals surface area contributed by atoms with E-state index in [4.69, 9.17) is 4.74 Å². The van der Waals surface area contributed by atoms with Gasteiger partial charge in [0.25, 0.3) is 5.91 Å². The van der Waals surface area contributed by atoms with Crippen LogP contribution in [0.25, 0.3) is 16.4 Å². The third kappa shape index (κ3) is 4.91. The molecule has 0 aliphatic carbocycles. The lowest BCUT2D eigenvalue weighted by atomic mass is 10.2. The van der Waals surface area contributed by atoms with Crippen LogP contribution in [0.1, 0.15) is 10.6 Å². The molecule has 2 aromatic carbocycles. The summed E-state index contributed by atoms with van der Waals surface area (Å²) in [5.41, 5.74) is 1.42. The second kappa shape index (κ2) is 10.3. The number of amides is 1. The quantitative estimate of drug-likeness (QED) is 0.401. The van der Waals surface area contributed by atoms with Crippen molar-refractivity contribution in [2.45, 2.75) is 0 Å². The molecule has 0 N–H and O–H groups in total. The smallest absolute Gasteiger partial charge is 0.298 e. The maximum Gasteiger partial charge on any atom is 0.298 e. The second-order valence-electron chi connectivity index (χ2n) is 7.87. The molecule has 0 unspecified atom stereocenters. The number of nitrogens with zero attached hydrogens (tertiary/aromatic N) is 5. The number of carbonyl (C=O) groups excluding carboxylic acids is 1. The lowest BCUT2D eigenvalue weighted by molar-refractivity contribution is 0.0391. The van der Waals surface area contributed by atoms with E-state index in [9.17, 15) is 9.18 Å². The average Bonchev–Trinajstić information content (AvgIpc) is 3.56. The van der Waals surface area contributed by atoms with Crippen LogP contribution in [0.4, 0.5) is 10.1 Å². The minimum Gasteiger partial charge on any atom is -0.379 e. The second-order valence-corrected chi connectivity index (χ2v) is 8.82. The fourth-order valence-electron chi connectivity index (χ4n) is 3.87. The average molecular weight is 478 g/mol. The van der Waals surface area contributed by atoms with Gasteiger partial charge >= 0.3 is 0 Å². The molecule has 1 amide bonds. The molecule has 3 heterocycles. The molecule has 0 atom stereocenters. The number of ether oxygens (including phenoxy) is 1. The lowest BCUT2D eigenvalue weighted by Crippen LogP contribution is -2.43. The van der Waals surface area contributed by atoms with Crippen LogP contribution in [0, 0.1) is 5.82 Å². The first-order valence-electron chi connectivity index (χ1n) is 11.1. The molecule has 1 fully saturated rings. The molecule has 7 nitrogen and oxygen atoms in total. The van der Waals surface area contributed by atoms with Crippen LogP contribution < -0.4 is 4.90 Å². The van der Waals surface area contributed by atoms with Gasteiger partial charge < -0.3 is 9.64 Å². The Balaban J connectivity index is 1.49. The highest BCUT2D eigenvalue weighted by molar-refractivity contribution is 7.13. The Morgan fingerprint density at radius 2 is 1.79 bits per heavy atom. The van der Waals surface area contributed by atoms with E-state index >= 15 is 0 Å². The molecule has 1 saturated heterocycles. The highest BCUT2D eigenvalue weighted by atomic mass is 32.1. The third-order valence-corrected chi connectivity index (χ3v) is 6.53. The van der Waals surface area contributed by atoms with E-state index in [1.165, 1.54) is 23.5 Å². The summed E-state index contributed by atoms with van der Waals surface area (Å²) in [5.74, 6) is 0.0269. The first-order chi connectivity index (χ1) is 16.7. The molecule has 34 heavy (non-hydrogen) atoms. The number of carbonyl (C=O) groups is 1. The normalized spacial score (nSPS) is 14.3. The van der Waals surface area contributed by atoms with Gasteiger partial charge in [0.1, 0.15) is 5.82 Å². The van der Waals surface area contributed by atoms with Gasteiger partial charge in [0.15, 0.2) is 5.82 Å². The highest BCUT2D eigenvalue weighted by Crippen LogP contribution is 2.26. The summed E-state index contributed by atoms with van der Waals surface area (Å²) in [4.78, 5) is 23.2. The van der Waals surface area contributed by atoms with Gasteiger partial charge in [-0.25, -0.2) is 14.1 Å². The number of benzene rings is 2. The van der Waals surface area contributed by atoms with E-state index in [-0.39, 0.29) is 17.5 Å². The monoisotopic (exact) mass is 477 g/mol. The topological polar surface area (TPSA) is 63.5 Å². The lowest BCUT2D eigenvalue weighted by Gasteiger charge is -2.29. The maximum atomic E-state index is 13.7. The number of hydrogen-bond acceptors (Lipinski definition) is 6. The zero-order chi connectivity index (χ0) is 23.3. The predicted molar refractivity (Wildman–Crippen MR) is 130 cm³/mol. The van der Waals surface area contributed by atoms with Gasteiger partial charge in [-0.3, -0.25) is 9.69 Å². The molecule has 1 aliphatic rings. The summed E-state index contributed by atoms with van der Waals surface area (Å²) in [6.45, 7) is 4.32. The number of thiophene rings is 1. The van der Waals surface area contributed by atoms with E-state index in [1.54, 1.807) is 21.7 Å². The van der Waals surface area contributed by atoms with Crippen molar-refractivity contribution in [3.05, 3.63) is 83.8 Å². The molecule has 174 valence electrons. The summed E-state index contributed by atoms with van der Waals surface area (Å²) in [5, 5.41) is 6.52. The van der Waals surface area contributed by atoms with Crippen molar-refractivity contribution in [1.29, 1.82) is 0 Å². The van der Waals surface area contributed by atoms with Gasteiger partial charge in [-0.15, -0.1) is 16.4 Å². The van der Waals surface area contributed by atoms with Crippen LogP contribution in [0.3, 0.4) is 0 Å². The molecule has 2 aromatic heterocycles. The van der Waals surface area contributed by atoms with Crippen molar-refractivity contribution in [2.75, 3.05) is 44.3 Å². The van der Waals surface area contributed by atoms with E-state index in [0.29, 0.717) is 31.3 Å². The van der Waals surface area contributed by atoms with Gasteiger partial charge in [-0.1, -0.05) is 24.3 Å². The van der Waals surface area contributed by atoms with E-state index in [1.807, 2.05) is 47.8 Å². The molecule has 0 bridgehead atoms. The minimum absolute atomic E-state index is 0.0959. The summed E-state index contributed by atoms with van der Waals surface area (Å²) in [6, 6.07) is 19.4. The molecule has 0 saturated carbocycles. The number of rotatable bonds is 7. The Morgan fingerprint density at radius 3 is 2.50 bits per heavy atom. The number of aromatic nitrogens is 3. The van der Waals surface area contributed by atoms with Crippen LogP contribution >= 0.6 is 11.3 Å². The fourth-order valence-corrected chi connectivity index (χ4v) is 4.57. The Hall–Kier alpha value is -3.40. The molecular formula is C25H24FN5O2S. The maximum absolute atomic E-state index is 13.7. The molecule has 5 rings (SSSR count). The van der Waals surface area contributed by atoms with Crippen molar-refractivity contribution in [2.24, 2.45) is 0 Å². The van der Waals surface area contributed by atoms with Gasteiger partial charge in [0, 0.05) is 31.9 Å². The number of hydrogen-bond donors (Lipinski definition) is 0. The van der Waals surface area contributed by atoms with Crippen molar-refractivity contribution < 1.29 is 13.9 Å². The zero-order valence-electron chi connectivity index (χ0n) is 18.5. The van der Waals surface area contributed by atoms with Crippen LogP contribution in [0.2, 0.25) is 0 Å². The largest absolute Gasteiger partial charge is 0.379 e. The van der Waals surface area contributed by atoms with Crippen LogP contribution in [-0.2, 0) is 4.74 Å². The molecule has 1 aliphatic heterocycles. The Morgan fingerprint density at radius 1 is 1.03 bits per heavy atom. The van der Waals surface area contributed by atoms with E-state index in [2.05, 4.69) is 15.0 Å². The van der Waals surface area contributed by atoms with Crippen molar-refractivity contribution in [3.63, 3.8) is 0 Å². The summed E-state index contributed by atoms with van der Waals surface area (Å²) < 4.78 is 20.6. The fraction of sp³-hybridized carbons (Fsp3) is 0.240. The van der Waals surface area contributed by atoms with Crippen molar-refractivity contribution in [1.82, 2.24) is 19.7 Å². The number of anilines is 1. The zero-order valence-corrected chi connectivity index (χ0v) is 19.3. The van der Waals surface area contributed by atoms with Crippen LogP contribution in [0.5, 0.6) is 0 Å². The van der Waals surface area contributed by atoms with Crippen LogP contribution in [0.15, 0.2) is 72.1 Å². The molecule has 9 heteroatoms. The summed E-state index contributed by atoms with van der Waals surface area (Å²) >= 11 is 1.51. The number of morpholine rings is 1. The third-order valence-electron chi connectivity index (χ3n) is 5.67. The molecule has 0 radical (unpaired) electrons. The van der Waals surface area contributed by atoms with Gasteiger partial charge in [-0.05, 0) is 47.8 Å². The van der Waals surface area contributed by atoms with Gasteiger partial charge in [0.05, 0.1) is 23.8 Å². The van der Waals surface area contributed by atoms with Gasteiger partial charge in [0.2, 0.25) is 5.82 Å². The standard InChI is InChI=1S/C25H24FN5O2S/c26-19-8-10-21(11-9-19)31-24(22-7-4-18-34-22)27-23(28-31)25(32)30(20-5-2-1-3-6-20)13-12-29-14-16-33-17-15-29/h1-11,18H,12-17H2. The predicted octanol–water partition coefficient (Wildman–Crippen LogP) is 4.11.